The van der Waals surface area contributed by atoms with Crippen molar-refractivity contribution in [2.24, 2.45) is 0 Å². The second-order valence-corrected chi connectivity index (χ2v) is 6.95. The molecule has 0 saturated carbocycles. The second-order valence-electron chi connectivity index (χ2n) is 6.95. The van der Waals surface area contributed by atoms with Crippen molar-refractivity contribution in [3.8, 4) is 17.2 Å². The van der Waals surface area contributed by atoms with Gasteiger partial charge in [-0.2, -0.15) is 5.10 Å². The summed E-state index contributed by atoms with van der Waals surface area (Å²) in [6, 6.07) is 10.9. The number of H-pyrrole nitrogens is 1. The lowest BCUT2D eigenvalue weighted by molar-refractivity contribution is 0.102. The molecule has 4 aromatic rings. The van der Waals surface area contributed by atoms with Crippen LogP contribution in [0.2, 0.25) is 0 Å². The lowest BCUT2D eigenvalue weighted by Crippen LogP contribution is -2.12. The van der Waals surface area contributed by atoms with E-state index in [9.17, 15) is 18.0 Å². The van der Waals surface area contributed by atoms with Crippen LogP contribution in [0.3, 0.4) is 0 Å². The molecule has 0 spiro atoms. The van der Waals surface area contributed by atoms with Crippen LogP contribution >= 0.6 is 0 Å². The summed E-state index contributed by atoms with van der Waals surface area (Å²) in [4.78, 5) is 12.6. The summed E-state index contributed by atoms with van der Waals surface area (Å²) in [5.74, 6) is -2.14. The average Bonchev–Trinajstić information content (AvgIpc) is 3.41. The normalized spacial score (nSPS) is 12.2. The molecule has 32 heavy (non-hydrogen) atoms. The summed E-state index contributed by atoms with van der Waals surface area (Å²) < 4.78 is 56.3. The highest BCUT2D eigenvalue weighted by Gasteiger charge is 2.18. The third kappa shape index (κ3) is 3.66. The fourth-order valence-corrected chi connectivity index (χ4v) is 3.23. The van der Waals surface area contributed by atoms with Crippen LogP contribution in [0.15, 0.2) is 48.5 Å². The monoisotopic (exact) mass is 441 g/mol. The van der Waals surface area contributed by atoms with E-state index in [1.165, 1.54) is 0 Å². The number of rotatable bonds is 5. The first kappa shape index (κ1) is 19.7. The minimum atomic E-state index is -1.27. The minimum Gasteiger partial charge on any atom is -0.489 e. The Hall–Kier alpha value is -4.21. The molecule has 2 heterocycles. The Balaban J connectivity index is 1.35. The summed E-state index contributed by atoms with van der Waals surface area (Å²) in [6.45, 7) is -0.215. The Labute approximate surface area is 178 Å². The molecule has 7 nitrogen and oxygen atoms in total. The number of halogens is 3. The molecule has 1 aliphatic heterocycles. The highest BCUT2D eigenvalue weighted by Crippen LogP contribution is 2.33. The Kier molecular flexibility index (Phi) is 4.81. The van der Waals surface area contributed by atoms with E-state index in [1.807, 2.05) is 0 Å². The van der Waals surface area contributed by atoms with Gasteiger partial charge in [0.25, 0.3) is 5.91 Å². The molecular formula is C22H14F3N3O4. The molecule has 1 aromatic heterocycles. The van der Waals surface area contributed by atoms with E-state index in [0.29, 0.717) is 39.8 Å². The number of anilines is 1. The largest absolute Gasteiger partial charge is 0.489 e. The lowest BCUT2D eigenvalue weighted by Gasteiger charge is -2.08. The van der Waals surface area contributed by atoms with Crippen LogP contribution < -0.4 is 19.5 Å². The number of hydrogen-bond acceptors (Lipinski definition) is 5. The van der Waals surface area contributed by atoms with Crippen molar-refractivity contribution in [1.82, 2.24) is 10.2 Å². The standard InChI is InChI=1S/C22H14F3N3O4/c23-15-8-17(25)16(24)5-12(15)9-30-13-2-3-18-14(7-13)21(28-27-18)26-22(29)11-1-4-19-20(6-11)32-10-31-19/h1-8H,9-10H2,(H2,26,27,28,29). The SMILES string of the molecule is O=C(Nc1n[nH]c2ccc(OCc3cc(F)c(F)cc3F)cc12)c1ccc2c(c1)OCO2. The molecule has 0 aliphatic carbocycles. The minimum absolute atomic E-state index is 0.0989. The van der Waals surface area contributed by atoms with E-state index in [4.69, 9.17) is 14.2 Å². The molecule has 0 fully saturated rings. The Morgan fingerprint density at radius 2 is 1.81 bits per heavy atom. The zero-order valence-corrected chi connectivity index (χ0v) is 16.2. The maximum Gasteiger partial charge on any atom is 0.257 e. The Morgan fingerprint density at radius 3 is 2.69 bits per heavy atom. The van der Waals surface area contributed by atoms with Gasteiger partial charge in [-0.1, -0.05) is 0 Å². The molecule has 162 valence electrons. The third-order valence-electron chi connectivity index (χ3n) is 4.88. The first-order valence-corrected chi connectivity index (χ1v) is 9.43. The van der Waals surface area contributed by atoms with Crippen LogP contribution in [0.4, 0.5) is 19.0 Å². The van der Waals surface area contributed by atoms with Crippen molar-refractivity contribution in [3.63, 3.8) is 0 Å². The van der Waals surface area contributed by atoms with Crippen LogP contribution in [0, 0.1) is 17.5 Å². The van der Waals surface area contributed by atoms with E-state index in [0.717, 1.165) is 6.07 Å². The van der Waals surface area contributed by atoms with Gasteiger partial charge in [0.2, 0.25) is 6.79 Å². The molecule has 10 heteroatoms. The van der Waals surface area contributed by atoms with E-state index < -0.39 is 23.4 Å². The van der Waals surface area contributed by atoms with Crippen molar-refractivity contribution >= 4 is 22.6 Å². The number of benzene rings is 3. The van der Waals surface area contributed by atoms with Gasteiger partial charge in [0.1, 0.15) is 18.2 Å². The summed E-state index contributed by atoms with van der Waals surface area (Å²) in [6.07, 6.45) is 0. The van der Waals surface area contributed by atoms with Gasteiger partial charge in [-0.15, -0.1) is 0 Å². The predicted octanol–water partition coefficient (Wildman–Crippen LogP) is 4.54. The number of aromatic amines is 1. The Morgan fingerprint density at radius 1 is 1.00 bits per heavy atom. The van der Waals surface area contributed by atoms with Crippen LogP contribution in [0.1, 0.15) is 15.9 Å². The number of nitrogens with one attached hydrogen (secondary N) is 2. The number of aromatic nitrogens is 2. The van der Waals surface area contributed by atoms with Crippen molar-refractivity contribution < 1.29 is 32.2 Å². The van der Waals surface area contributed by atoms with Gasteiger partial charge in [-0.3, -0.25) is 9.89 Å². The van der Waals surface area contributed by atoms with Gasteiger partial charge in [0.05, 0.1) is 5.52 Å². The van der Waals surface area contributed by atoms with E-state index in [2.05, 4.69) is 15.5 Å². The summed E-state index contributed by atoms with van der Waals surface area (Å²) in [5, 5.41) is 10.2. The van der Waals surface area contributed by atoms with Crippen molar-refractivity contribution in [1.29, 1.82) is 0 Å². The van der Waals surface area contributed by atoms with Gasteiger partial charge in [0.15, 0.2) is 29.0 Å². The maximum atomic E-state index is 13.8. The predicted molar refractivity (Wildman–Crippen MR) is 107 cm³/mol. The number of ether oxygens (including phenoxy) is 3. The number of carbonyl (C=O) groups excluding carboxylic acids is 1. The van der Waals surface area contributed by atoms with Crippen molar-refractivity contribution in [3.05, 3.63) is 77.1 Å². The van der Waals surface area contributed by atoms with E-state index in [1.54, 1.807) is 36.4 Å². The quantitative estimate of drug-likeness (QED) is 0.444. The van der Waals surface area contributed by atoms with Crippen LogP contribution in [-0.2, 0) is 6.61 Å². The summed E-state index contributed by atoms with van der Waals surface area (Å²) in [7, 11) is 0. The smallest absolute Gasteiger partial charge is 0.257 e. The van der Waals surface area contributed by atoms with Crippen molar-refractivity contribution in [2.75, 3.05) is 12.1 Å². The summed E-state index contributed by atoms with van der Waals surface area (Å²) in [5.41, 5.74) is 0.844. The van der Waals surface area contributed by atoms with Gasteiger partial charge < -0.3 is 19.5 Å². The first-order chi connectivity index (χ1) is 15.5. The zero-order valence-electron chi connectivity index (χ0n) is 16.2. The third-order valence-corrected chi connectivity index (χ3v) is 4.88. The number of amides is 1. The highest BCUT2D eigenvalue weighted by molar-refractivity contribution is 6.08. The molecule has 1 aliphatic rings. The number of nitrogens with zero attached hydrogens (tertiary/aromatic N) is 1. The molecule has 5 rings (SSSR count). The highest BCUT2D eigenvalue weighted by atomic mass is 19.2. The molecular weight excluding hydrogens is 427 g/mol. The van der Waals surface area contributed by atoms with Crippen LogP contribution in [0.5, 0.6) is 17.2 Å². The van der Waals surface area contributed by atoms with Crippen LogP contribution in [0.25, 0.3) is 10.9 Å². The second kappa shape index (κ2) is 7.80. The van der Waals surface area contributed by atoms with Crippen molar-refractivity contribution in [2.45, 2.75) is 6.61 Å². The molecule has 1 amide bonds. The van der Waals surface area contributed by atoms with Gasteiger partial charge in [-0.05, 0) is 42.5 Å². The fraction of sp³-hybridized carbons (Fsp3) is 0.0909. The van der Waals surface area contributed by atoms with E-state index in [-0.39, 0.29) is 24.8 Å². The van der Waals surface area contributed by atoms with Gasteiger partial charge in [-0.25, -0.2) is 13.2 Å². The average molecular weight is 441 g/mol. The molecule has 0 unspecified atom stereocenters. The molecule has 0 radical (unpaired) electrons. The zero-order chi connectivity index (χ0) is 22.2. The number of fused-ring (bicyclic) bond motifs is 2. The molecule has 2 N–H and O–H groups in total. The first-order valence-electron chi connectivity index (χ1n) is 9.43. The molecule has 0 atom stereocenters. The van der Waals surface area contributed by atoms with Gasteiger partial charge >= 0.3 is 0 Å². The Bertz CT molecular complexity index is 1360. The molecule has 0 saturated heterocycles. The lowest BCUT2D eigenvalue weighted by atomic mass is 10.2. The summed E-state index contributed by atoms with van der Waals surface area (Å²) >= 11 is 0. The maximum absolute atomic E-state index is 13.8. The fourth-order valence-electron chi connectivity index (χ4n) is 3.23. The number of carbonyl (C=O) groups is 1. The van der Waals surface area contributed by atoms with Gasteiger partial charge in [0, 0.05) is 22.6 Å². The molecule has 0 bridgehead atoms. The molecule has 3 aromatic carbocycles. The number of hydrogen-bond donors (Lipinski definition) is 2. The van der Waals surface area contributed by atoms with E-state index >= 15 is 0 Å². The van der Waals surface area contributed by atoms with Crippen LogP contribution in [-0.4, -0.2) is 22.9 Å². The topological polar surface area (TPSA) is 85.5 Å².